The topological polar surface area (TPSA) is 66.4 Å². The highest BCUT2D eigenvalue weighted by Gasteiger charge is 2.52. The summed E-state index contributed by atoms with van der Waals surface area (Å²) in [5.41, 5.74) is 0. The van der Waals surface area contributed by atoms with Crippen LogP contribution in [0.5, 0.6) is 0 Å². The number of hydrogen-bond donors (Lipinski definition) is 2. The Morgan fingerprint density at radius 1 is 1.21 bits per heavy atom. The molecule has 0 heterocycles. The van der Waals surface area contributed by atoms with Crippen molar-refractivity contribution in [2.75, 3.05) is 0 Å². The number of nitrogens with one attached hydrogen (secondary N) is 1. The van der Waals surface area contributed by atoms with Crippen LogP contribution in [0.15, 0.2) is 12.2 Å². The van der Waals surface area contributed by atoms with Gasteiger partial charge in [-0.1, -0.05) is 25.5 Å². The van der Waals surface area contributed by atoms with E-state index in [1.54, 1.807) is 0 Å². The molecule has 3 aliphatic carbocycles. The number of carbonyl (C=O) groups is 2. The van der Waals surface area contributed by atoms with Crippen molar-refractivity contribution in [2.45, 2.75) is 38.6 Å². The van der Waals surface area contributed by atoms with Gasteiger partial charge in [0.1, 0.15) is 0 Å². The van der Waals surface area contributed by atoms with Crippen molar-refractivity contribution in [1.82, 2.24) is 5.32 Å². The van der Waals surface area contributed by atoms with Gasteiger partial charge in [-0.2, -0.15) is 0 Å². The highest BCUT2D eigenvalue weighted by molar-refractivity contribution is 5.87. The van der Waals surface area contributed by atoms with E-state index in [9.17, 15) is 14.7 Å². The van der Waals surface area contributed by atoms with Crippen LogP contribution in [0.2, 0.25) is 0 Å². The van der Waals surface area contributed by atoms with E-state index in [0.717, 1.165) is 25.7 Å². The Kier molecular flexibility index (Phi) is 3.11. The normalized spacial score (nSPS) is 42.4. The molecular formula is C15H21NO3. The van der Waals surface area contributed by atoms with Crippen molar-refractivity contribution in [3.05, 3.63) is 12.2 Å². The maximum atomic E-state index is 12.3. The third-order valence-electron chi connectivity index (χ3n) is 4.96. The van der Waals surface area contributed by atoms with Gasteiger partial charge < -0.3 is 10.4 Å². The molecule has 2 bridgehead atoms. The monoisotopic (exact) mass is 263 g/mol. The third-order valence-corrected chi connectivity index (χ3v) is 4.96. The minimum Gasteiger partial charge on any atom is -0.481 e. The van der Waals surface area contributed by atoms with Crippen LogP contribution in [-0.2, 0) is 9.59 Å². The van der Waals surface area contributed by atoms with Crippen LogP contribution in [0.3, 0.4) is 0 Å². The molecule has 4 nitrogen and oxygen atoms in total. The number of aliphatic carboxylic acids is 1. The molecule has 3 rings (SSSR count). The SMILES string of the molecule is CCCC1CC1NC(=O)C1C2C=CC(C2)C1C(=O)O. The fraction of sp³-hybridized carbons (Fsp3) is 0.733. The molecule has 0 aromatic carbocycles. The molecule has 6 unspecified atom stereocenters. The lowest BCUT2D eigenvalue weighted by Crippen LogP contribution is -2.41. The molecule has 2 N–H and O–H groups in total. The van der Waals surface area contributed by atoms with Gasteiger partial charge in [0.25, 0.3) is 0 Å². The van der Waals surface area contributed by atoms with Gasteiger partial charge in [0.15, 0.2) is 0 Å². The summed E-state index contributed by atoms with van der Waals surface area (Å²) in [5.74, 6) is -0.913. The molecule has 0 saturated heterocycles. The summed E-state index contributed by atoms with van der Waals surface area (Å²) < 4.78 is 0. The zero-order valence-electron chi connectivity index (χ0n) is 11.2. The summed E-state index contributed by atoms with van der Waals surface area (Å²) in [4.78, 5) is 23.7. The lowest BCUT2D eigenvalue weighted by molar-refractivity contribution is -0.147. The maximum absolute atomic E-state index is 12.3. The van der Waals surface area contributed by atoms with Crippen molar-refractivity contribution in [2.24, 2.45) is 29.6 Å². The molecule has 2 saturated carbocycles. The van der Waals surface area contributed by atoms with Crippen LogP contribution >= 0.6 is 0 Å². The van der Waals surface area contributed by atoms with Crippen LogP contribution in [0.4, 0.5) is 0 Å². The van der Waals surface area contributed by atoms with Crippen LogP contribution in [0.1, 0.15) is 32.6 Å². The Hall–Kier alpha value is -1.32. The predicted octanol–water partition coefficient (Wildman–Crippen LogP) is 1.81. The number of carbonyl (C=O) groups excluding carboxylic acids is 1. The van der Waals surface area contributed by atoms with E-state index in [-0.39, 0.29) is 23.7 Å². The summed E-state index contributed by atoms with van der Waals surface area (Å²) >= 11 is 0. The van der Waals surface area contributed by atoms with Crippen LogP contribution in [0.25, 0.3) is 0 Å². The van der Waals surface area contributed by atoms with E-state index < -0.39 is 11.9 Å². The number of fused-ring (bicyclic) bond motifs is 2. The van der Waals surface area contributed by atoms with Crippen molar-refractivity contribution in [1.29, 1.82) is 0 Å². The number of carboxylic acids is 1. The smallest absolute Gasteiger partial charge is 0.307 e. The summed E-state index contributed by atoms with van der Waals surface area (Å²) in [7, 11) is 0. The summed E-state index contributed by atoms with van der Waals surface area (Å²) in [6.07, 6.45) is 8.21. The first-order valence-corrected chi connectivity index (χ1v) is 7.33. The van der Waals surface area contributed by atoms with Gasteiger partial charge in [-0.15, -0.1) is 0 Å². The maximum Gasteiger partial charge on any atom is 0.307 e. The summed E-state index contributed by atoms with van der Waals surface area (Å²) in [6.45, 7) is 2.15. The van der Waals surface area contributed by atoms with E-state index in [2.05, 4.69) is 12.2 Å². The quantitative estimate of drug-likeness (QED) is 0.743. The largest absolute Gasteiger partial charge is 0.481 e. The first-order chi connectivity index (χ1) is 9.11. The minimum absolute atomic E-state index is 0.0344. The van der Waals surface area contributed by atoms with Gasteiger partial charge in [0.2, 0.25) is 5.91 Å². The van der Waals surface area contributed by atoms with Gasteiger partial charge in [0.05, 0.1) is 11.8 Å². The Morgan fingerprint density at radius 2 is 1.89 bits per heavy atom. The molecule has 0 radical (unpaired) electrons. The fourth-order valence-corrected chi connectivity index (χ4v) is 3.91. The molecule has 4 heteroatoms. The number of rotatable bonds is 5. The Balaban J connectivity index is 1.63. The second kappa shape index (κ2) is 4.66. The van der Waals surface area contributed by atoms with Crippen molar-refractivity contribution < 1.29 is 14.7 Å². The second-order valence-electron chi connectivity index (χ2n) is 6.24. The summed E-state index contributed by atoms with van der Waals surface area (Å²) in [5, 5.41) is 12.4. The van der Waals surface area contributed by atoms with E-state index >= 15 is 0 Å². The van der Waals surface area contributed by atoms with Gasteiger partial charge in [-0.05, 0) is 37.0 Å². The minimum atomic E-state index is -0.821. The molecule has 0 aromatic heterocycles. The van der Waals surface area contributed by atoms with Crippen molar-refractivity contribution in [3.63, 3.8) is 0 Å². The molecule has 3 aliphatic rings. The number of amides is 1. The molecule has 104 valence electrons. The predicted molar refractivity (Wildman–Crippen MR) is 70.3 cm³/mol. The zero-order chi connectivity index (χ0) is 13.6. The highest BCUT2D eigenvalue weighted by Crippen LogP contribution is 2.48. The Bertz CT molecular complexity index is 431. The number of allylic oxidation sites excluding steroid dienone is 2. The average molecular weight is 263 g/mol. The zero-order valence-corrected chi connectivity index (χ0v) is 11.2. The van der Waals surface area contributed by atoms with Gasteiger partial charge in [-0.25, -0.2) is 0 Å². The van der Waals surface area contributed by atoms with Crippen LogP contribution < -0.4 is 5.32 Å². The standard InChI is InChI=1S/C15H21NO3/c1-2-3-8-7-11(8)16-14(17)12-9-4-5-10(6-9)13(12)15(18)19/h4-5,8-13H,2-3,6-7H2,1H3,(H,16,17)(H,18,19). The van der Waals surface area contributed by atoms with Crippen LogP contribution in [0, 0.1) is 29.6 Å². The molecule has 0 aliphatic heterocycles. The molecule has 0 aromatic rings. The molecule has 6 atom stereocenters. The van der Waals surface area contributed by atoms with E-state index in [0.29, 0.717) is 12.0 Å². The molecule has 1 amide bonds. The lowest BCUT2D eigenvalue weighted by atomic mass is 9.82. The van der Waals surface area contributed by atoms with E-state index in [1.165, 1.54) is 0 Å². The van der Waals surface area contributed by atoms with Crippen LogP contribution in [-0.4, -0.2) is 23.0 Å². The van der Waals surface area contributed by atoms with Crippen molar-refractivity contribution in [3.8, 4) is 0 Å². The Labute approximate surface area is 113 Å². The molecular weight excluding hydrogens is 242 g/mol. The highest BCUT2D eigenvalue weighted by atomic mass is 16.4. The molecule has 2 fully saturated rings. The van der Waals surface area contributed by atoms with E-state index in [4.69, 9.17) is 0 Å². The second-order valence-corrected chi connectivity index (χ2v) is 6.24. The number of hydrogen-bond acceptors (Lipinski definition) is 2. The number of carboxylic acid groups (broad SMARTS) is 1. The average Bonchev–Trinajstić information content (AvgIpc) is 2.82. The summed E-state index contributed by atoms with van der Waals surface area (Å²) in [6, 6.07) is 0.296. The van der Waals surface area contributed by atoms with Gasteiger partial charge >= 0.3 is 5.97 Å². The van der Waals surface area contributed by atoms with Gasteiger partial charge in [0, 0.05) is 6.04 Å². The van der Waals surface area contributed by atoms with Gasteiger partial charge in [-0.3, -0.25) is 9.59 Å². The fourth-order valence-electron chi connectivity index (χ4n) is 3.91. The third kappa shape index (κ3) is 2.17. The Morgan fingerprint density at radius 3 is 2.53 bits per heavy atom. The molecule has 19 heavy (non-hydrogen) atoms. The molecule has 0 spiro atoms. The first-order valence-electron chi connectivity index (χ1n) is 7.33. The first kappa shape index (κ1) is 12.7. The lowest BCUT2D eigenvalue weighted by Gasteiger charge is -2.23. The van der Waals surface area contributed by atoms with Crippen molar-refractivity contribution >= 4 is 11.9 Å². The van der Waals surface area contributed by atoms with E-state index in [1.807, 2.05) is 12.2 Å².